The molecular weight excluding hydrogens is 250 g/mol. The van der Waals surface area contributed by atoms with Gasteiger partial charge in [-0.3, -0.25) is 4.99 Å². The number of nitrogens with one attached hydrogen (secondary N) is 2. The van der Waals surface area contributed by atoms with Gasteiger partial charge in [0.2, 0.25) is 0 Å². The maximum atomic E-state index is 5.57. The lowest BCUT2D eigenvalue weighted by Gasteiger charge is -2.30. The summed E-state index contributed by atoms with van der Waals surface area (Å²) >= 11 is 0. The molecule has 2 aliphatic carbocycles. The van der Waals surface area contributed by atoms with Gasteiger partial charge in [-0.05, 0) is 43.9 Å². The Morgan fingerprint density at radius 2 is 2.05 bits per heavy atom. The summed E-state index contributed by atoms with van der Waals surface area (Å²) in [6, 6.07) is 0.629. The highest BCUT2D eigenvalue weighted by Crippen LogP contribution is 2.40. The van der Waals surface area contributed by atoms with Crippen LogP contribution < -0.4 is 10.6 Å². The lowest BCUT2D eigenvalue weighted by atomic mass is 9.83. The van der Waals surface area contributed by atoms with Crippen molar-refractivity contribution in [2.24, 2.45) is 16.3 Å². The van der Waals surface area contributed by atoms with Gasteiger partial charge in [0.25, 0.3) is 0 Å². The fourth-order valence-corrected chi connectivity index (χ4v) is 3.24. The van der Waals surface area contributed by atoms with E-state index < -0.39 is 0 Å². The first-order chi connectivity index (χ1) is 9.69. The summed E-state index contributed by atoms with van der Waals surface area (Å²) in [5.74, 6) is 1.77. The molecule has 0 bridgehead atoms. The fraction of sp³-hybridized carbons (Fsp3) is 0.938. The van der Waals surface area contributed by atoms with Crippen LogP contribution in [-0.4, -0.2) is 38.8 Å². The Morgan fingerprint density at radius 3 is 2.60 bits per heavy atom. The van der Waals surface area contributed by atoms with Crippen LogP contribution in [0.3, 0.4) is 0 Å². The monoisotopic (exact) mass is 281 g/mol. The summed E-state index contributed by atoms with van der Waals surface area (Å²) in [6.07, 6.45) is 7.81. The zero-order valence-electron chi connectivity index (χ0n) is 13.4. The minimum absolute atomic E-state index is 0.419. The third kappa shape index (κ3) is 4.37. The molecule has 0 aromatic carbocycles. The molecule has 0 heterocycles. The Morgan fingerprint density at radius 1 is 1.35 bits per heavy atom. The molecule has 0 amide bonds. The van der Waals surface area contributed by atoms with Gasteiger partial charge in [0.05, 0.1) is 0 Å². The molecule has 2 fully saturated rings. The van der Waals surface area contributed by atoms with Crippen LogP contribution in [0.5, 0.6) is 0 Å². The quantitative estimate of drug-likeness (QED) is 0.428. The van der Waals surface area contributed by atoms with Gasteiger partial charge in [-0.15, -0.1) is 0 Å². The summed E-state index contributed by atoms with van der Waals surface area (Å²) in [4.78, 5) is 4.35. The normalized spacial score (nSPS) is 28.4. The second-order valence-corrected chi connectivity index (χ2v) is 6.54. The molecule has 0 aliphatic heterocycles. The number of aliphatic imine (C=N–C) groups is 1. The first-order valence-electron chi connectivity index (χ1n) is 8.24. The maximum absolute atomic E-state index is 5.57. The van der Waals surface area contributed by atoms with Crippen LogP contribution in [0.15, 0.2) is 4.99 Å². The van der Waals surface area contributed by atoms with E-state index in [4.69, 9.17) is 4.74 Å². The Balaban J connectivity index is 1.78. The molecule has 20 heavy (non-hydrogen) atoms. The van der Waals surface area contributed by atoms with E-state index in [0.717, 1.165) is 31.6 Å². The van der Waals surface area contributed by atoms with Crippen molar-refractivity contribution in [1.29, 1.82) is 0 Å². The number of guanidine groups is 1. The maximum Gasteiger partial charge on any atom is 0.191 e. The van der Waals surface area contributed by atoms with Crippen LogP contribution in [-0.2, 0) is 4.74 Å². The van der Waals surface area contributed by atoms with Gasteiger partial charge >= 0.3 is 0 Å². The van der Waals surface area contributed by atoms with Crippen LogP contribution in [0.2, 0.25) is 0 Å². The summed E-state index contributed by atoms with van der Waals surface area (Å²) in [5.41, 5.74) is 0.419. The van der Waals surface area contributed by atoms with Crippen LogP contribution in [0.1, 0.15) is 52.4 Å². The lowest BCUT2D eigenvalue weighted by molar-refractivity contribution is 0.105. The van der Waals surface area contributed by atoms with Gasteiger partial charge in [0.1, 0.15) is 0 Å². The molecular formula is C16H31N3O. The van der Waals surface area contributed by atoms with E-state index in [0.29, 0.717) is 11.5 Å². The number of nitrogens with zero attached hydrogens (tertiary/aromatic N) is 1. The highest BCUT2D eigenvalue weighted by molar-refractivity contribution is 5.80. The number of hydrogen-bond donors (Lipinski definition) is 2. The highest BCUT2D eigenvalue weighted by atomic mass is 16.5. The largest absolute Gasteiger partial charge is 0.382 e. The molecule has 4 nitrogen and oxygen atoms in total. The van der Waals surface area contributed by atoms with E-state index in [1.54, 1.807) is 0 Å². The summed E-state index contributed by atoms with van der Waals surface area (Å²) < 4.78 is 5.57. The smallest absolute Gasteiger partial charge is 0.191 e. The third-order valence-corrected chi connectivity index (χ3v) is 4.93. The Bertz CT molecular complexity index is 324. The Hall–Kier alpha value is -0.770. The molecule has 2 N–H and O–H groups in total. The molecule has 2 unspecified atom stereocenters. The molecule has 0 spiro atoms. The van der Waals surface area contributed by atoms with Crippen molar-refractivity contribution in [2.45, 2.75) is 58.4 Å². The van der Waals surface area contributed by atoms with E-state index in [9.17, 15) is 0 Å². The van der Waals surface area contributed by atoms with Gasteiger partial charge in [0, 0.05) is 32.8 Å². The minimum atomic E-state index is 0.419. The molecule has 2 atom stereocenters. The average Bonchev–Trinajstić information content (AvgIpc) is 2.95. The highest BCUT2D eigenvalue weighted by Gasteiger charge is 2.35. The first kappa shape index (κ1) is 15.6. The van der Waals surface area contributed by atoms with Gasteiger partial charge < -0.3 is 15.4 Å². The Labute approximate surface area is 123 Å². The van der Waals surface area contributed by atoms with Crippen molar-refractivity contribution in [1.82, 2.24) is 10.6 Å². The fourth-order valence-electron chi connectivity index (χ4n) is 3.24. The van der Waals surface area contributed by atoms with Crippen LogP contribution in [0, 0.1) is 11.3 Å². The molecule has 0 aromatic rings. The summed E-state index contributed by atoms with van der Waals surface area (Å²) in [5, 5.41) is 7.06. The van der Waals surface area contributed by atoms with Gasteiger partial charge in [-0.1, -0.05) is 19.8 Å². The van der Waals surface area contributed by atoms with E-state index >= 15 is 0 Å². The van der Waals surface area contributed by atoms with Gasteiger partial charge in [-0.25, -0.2) is 0 Å². The van der Waals surface area contributed by atoms with E-state index in [-0.39, 0.29) is 0 Å². The van der Waals surface area contributed by atoms with Crippen LogP contribution >= 0.6 is 0 Å². The summed E-state index contributed by atoms with van der Waals surface area (Å²) in [7, 11) is 1.86. The van der Waals surface area contributed by atoms with E-state index in [1.807, 2.05) is 7.05 Å². The van der Waals surface area contributed by atoms with Gasteiger partial charge in [0.15, 0.2) is 5.96 Å². The minimum Gasteiger partial charge on any atom is -0.382 e. The van der Waals surface area contributed by atoms with Crippen molar-refractivity contribution in [3.05, 3.63) is 0 Å². The third-order valence-electron chi connectivity index (χ3n) is 4.93. The van der Waals surface area contributed by atoms with Crippen molar-refractivity contribution < 1.29 is 4.74 Å². The molecule has 116 valence electrons. The van der Waals surface area contributed by atoms with E-state index in [2.05, 4.69) is 29.5 Å². The SMILES string of the molecule is CCOCCC1(CNC(=NC)NC2CC2C)CCCC1. The van der Waals surface area contributed by atoms with Crippen molar-refractivity contribution in [2.75, 3.05) is 26.8 Å². The molecule has 0 aromatic heterocycles. The molecule has 2 aliphatic rings. The zero-order chi connectivity index (χ0) is 14.4. The van der Waals surface area contributed by atoms with Crippen molar-refractivity contribution >= 4 is 5.96 Å². The molecule has 2 saturated carbocycles. The summed E-state index contributed by atoms with van der Waals surface area (Å²) in [6.45, 7) is 7.10. The molecule has 0 saturated heterocycles. The number of ether oxygens (including phenoxy) is 1. The topological polar surface area (TPSA) is 45.6 Å². The molecule has 0 radical (unpaired) electrons. The lowest BCUT2D eigenvalue weighted by Crippen LogP contribution is -2.44. The number of hydrogen-bond acceptors (Lipinski definition) is 2. The van der Waals surface area contributed by atoms with Gasteiger partial charge in [-0.2, -0.15) is 0 Å². The number of rotatable bonds is 7. The van der Waals surface area contributed by atoms with Crippen molar-refractivity contribution in [3.8, 4) is 0 Å². The van der Waals surface area contributed by atoms with Crippen LogP contribution in [0.4, 0.5) is 0 Å². The first-order valence-corrected chi connectivity index (χ1v) is 8.24. The zero-order valence-corrected chi connectivity index (χ0v) is 13.4. The molecule has 2 rings (SSSR count). The predicted molar refractivity (Wildman–Crippen MR) is 84.1 cm³/mol. The second-order valence-electron chi connectivity index (χ2n) is 6.54. The van der Waals surface area contributed by atoms with Crippen LogP contribution in [0.25, 0.3) is 0 Å². The van der Waals surface area contributed by atoms with E-state index in [1.165, 1.54) is 38.5 Å². The average molecular weight is 281 g/mol. The second kappa shape index (κ2) is 7.30. The standard InChI is InChI=1S/C16H31N3O/c1-4-20-10-9-16(7-5-6-8-16)12-18-15(17-3)19-14-11-13(14)2/h13-14H,4-12H2,1-3H3,(H2,17,18,19). The van der Waals surface area contributed by atoms with Crippen molar-refractivity contribution in [3.63, 3.8) is 0 Å². The predicted octanol–water partition coefficient (Wildman–Crippen LogP) is 2.55. The molecule has 4 heteroatoms. The Kier molecular flexibility index (Phi) is 5.70.